The van der Waals surface area contributed by atoms with Crippen molar-refractivity contribution in [1.82, 2.24) is 5.32 Å². The molecule has 0 unspecified atom stereocenters. The van der Waals surface area contributed by atoms with Gasteiger partial charge in [0.05, 0.1) is 18.8 Å². The van der Waals surface area contributed by atoms with Gasteiger partial charge in [-0.2, -0.15) is 0 Å². The molecule has 1 fully saturated rings. The molecule has 0 spiro atoms. The fraction of sp³-hybridized carbons (Fsp3) is 0.263. The fourth-order valence-corrected chi connectivity index (χ4v) is 6.52. The Morgan fingerprint density at radius 2 is 1.64 bits per heavy atom. The normalized spacial score (nSPS) is 19.0. The molecule has 1 aliphatic rings. The van der Waals surface area contributed by atoms with E-state index in [1.54, 1.807) is 11.8 Å². The molecule has 3 N–H and O–H groups in total. The van der Waals surface area contributed by atoms with Crippen molar-refractivity contribution >= 4 is 29.4 Å². The van der Waals surface area contributed by atoms with Crippen LogP contribution in [-0.2, 0) is 32.2 Å². The van der Waals surface area contributed by atoms with Crippen molar-refractivity contribution in [2.24, 2.45) is 5.92 Å². The molecule has 0 radical (unpaired) electrons. The van der Waals surface area contributed by atoms with Crippen LogP contribution in [-0.4, -0.2) is 35.6 Å². The number of thioether (sulfide) groups is 1. The lowest BCUT2D eigenvalue weighted by Crippen LogP contribution is -2.38. The Bertz CT molecular complexity index is 1640. The number of rotatable bonds is 12. The van der Waals surface area contributed by atoms with Crippen molar-refractivity contribution in [1.29, 1.82) is 0 Å². The molecule has 0 aliphatic carbocycles. The minimum Gasteiger partial charge on any atom is -0.445 e. The molecule has 4 aromatic rings. The van der Waals surface area contributed by atoms with E-state index in [1.165, 1.54) is 13.0 Å². The van der Waals surface area contributed by atoms with E-state index >= 15 is 0 Å². The smallest absolute Gasteiger partial charge is 0.407 e. The third-order valence-electron chi connectivity index (χ3n) is 7.98. The number of carbonyl (C=O) groups excluding carboxylic acids is 2. The minimum atomic E-state index is -0.591. The highest BCUT2D eigenvalue weighted by Crippen LogP contribution is 2.43. The number of carbonyl (C=O) groups is 2. The second-order valence-corrected chi connectivity index (χ2v) is 12.5. The summed E-state index contributed by atoms with van der Waals surface area (Å²) >= 11 is 1.70. The van der Waals surface area contributed by atoms with E-state index in [4.69, 9.17) is 14.2 Å². The van der Waals surface area contributed by atoms with Crippen LogP contribution in [0.25, 0.3) is 11.1 Å². The van der Waals surface area contributed by atoms with Crippen LogP contribution in [0, 0.1) is 5.92 Å². The summed E-state index contributed by atoms with van der Waals surface area (Å²) in [5.74, 6) is 0.656. The highest BCUT2D eigenvalue weighted by Gasteiger charge is 2.38. The average molecular weight is 653 g/mol. The van der Waals surface area contributed by atoms with Crippen LogP contribution in [0.4, 0.5) is 10.5 Å². The fourth-order valence-electron chi connectivity index (χ4n) is 5.45. The number of hydrogen-bond acceptors (Lipinski definition) is 7. The molecule has 47 heavy (non-hydrogen) atoms. The lowest BCUT2D eigenvalue weighted by atomic mass is 9.91. The van der Waals surface area contributed by atoms with Gasteiger partial charge in [0, 0.05) is 41.3 Å². The Balaban J connectivity index is 1.34. The lowest BCUT2D eigenvalue weighted by molar-refractivity contribution is -0.268. The minimum absolute atomic E-state index is 0.0159. The molecule has 8 nitrogen and oxygen atoms in total. The summed E-state index contributed by atoms with van der Waals surface area (Å²) in [4.78, 5) is 24.5. The highest BCUT2D eigenvalue weighted by molar-refractivity contribution is 7.99. The number of amides is 2. The van der Waals surface area contributed by atoms with E-state index in [0.717, 1.165) is 44.0 Å². The molecule has 1 heterocycles. The number of ether oxygens (including phenoxy) is 3. The van der Waals surface area contributed by atoms with Gasteiger partial charge in [0.25, 0.3) is 0 Å². The predicted molar refractivity (Wildman–Crippen MR) is 185 cm³/mol. The van der Waals surface area contributed by atoms with Crippen LogP contribution in [0.5, 0.6) is 0 Å². The maximum atomic E-state index is 12.0. The van der Waals surface area contributed by atoms with Gasteiger partial charge in [-0.1, -0.05) is 92.4 Å². The van der Waals surface area contributed by atoms with Gasteiger partial charge in [-0.3, -0.25) is 4.79 Å². The van der Waals surface area contributed by atoms with Gasteiger partial charge < -0.3 is 30.0 Å². The maximum absolute atomic E-state index is 12.0. The maximum Gasteiger partial charge on any atom is 0.407 e. The van der Waals surface area contributed by atoms with E-state index in [1.807, 2.05) is 97.1 Å². The zero-order valence-corrected chi connectivity index (χ0v) is 27.4. The second-order valence-electron chi connectivity index (χ2n) is 11.4. The lowest BCUT2D eigenvalue weighted by Gasteiger charge is -2.41. The number of anilines is 1. The molecule has 0 bridgehead atoms. The first-order chi connectivity index (χ1) is 22.8. The van der Waals surface area contributed by atoms with Crippen molar-refractivity contribution in [2.75, 3.05) is 17.7 Å². The summed E-state index contributed by atoms with van der Waals surface area (Å²) in [5, 5.41) is 15.2. The summed E-state index contributed by atoms with van der Waals surface area (Å²) in [6.07, 6.45) is 0.101. The van der Waals surface area contributed by atoms with Gasteiger partial charge in [-0.05, 0) is 52.1 Å². The van der Waals surface area contributed by atoms with Crippen LogP contribution in [0.2, 0.25) is 0 Å². The second kappa shape index (κ2) is 16.4. The van der Waals surface area contributed by atoms with Gasteiger partial charge in [-0.15, -0.1) is 11.8 Å². The third-order valence-corrected chi connectivity index (χ3v) is 9.08. The number of aliphatic hydroxyl groups is 1. The molecule has 1 aliphatic heterocycles. The van der Waals surface area contributed by atoms with E-state index in [2.05, 4.69) is 24.1 Å². The quantitative estimate of drug-likeness (QED) is 0.106. The summed E-state index contributed by atoms with van der Waals surface area (Å²) < 4.78 is 18.3. The Hall–Kier alpha value is -4.41. The number of hydrogen-bond donors (Lipinski definition) is 3. The number of aliphatic hydroxyl groups excluding tert-OH is 1. The predicted octanol–water partition coefficient (Wildman–Crippen LogP) is 7.80. The zero-order chi connectivity index (χ0) is 33.2. The van der Waals surface area contributed by atoms with Gasteiger partial charge in [0.15, 0.2) is 6.29 Å². The molecule has 9 heteroatoms. The van der Waals surface area contributed by atoms with Gasteiger partial charge in [0.2, 0.25) is 5.91 Å². The van der Waals surface area contributed by atoms with E-state index in [9.17, 15) is 14.7 Å². The van der Waals surface area contributed by atoms with Crippen molar-refractivity contribution in [3.63, 3.8) is 0 Å². The number of benzene rings is 4. The van der Waals surface area contributed by atoms with E-state index in [-0.39, 0.29) is 37.2 Å². The van der Waals surface area contributed by atoms with Crippen LogP contribution in [0.3, 0.4) is 0 Å². The summed E-state index contributed by atoms with van der Waals surface area (Å²) in [5.41, 5.74) is 6.50. The molecule has 1 saturated heterocycles. The molecular weight excluding hydrogens is 612 g/mol. The van der Waals surface area contributed by atoms with Crippen LogP contribution < -0.4 is 10.6 Å². The first kappa shape index (κ1) is 33.9. The van der Waals surface area contributed by atoms with E-state index < -0.39 is 12.4 Å². The van der Waals surface area contributed by atoms with Crippen LogP contribution in [0.1, 0.15) is 48.5 Å². The van der Waals surface area contributed by atoms with Crippen molar-refractivity contribution in [3.05, 3.63) is 132 Å². The Labute approximate surface area is 280 Å². The van der Waals surface area contributed by atoms with Gasteiger partial charge >= 0.3 is 6.09 Å². The molecule has 0 saturated carbocycles. The summed E-state index contributed by atoms with van der Waals surface area (Å²) in [6, 6.07) is 31.7. The standard InChI is InChI=1S/C38H40N2O6S/c1-4-21-44-38(43)39-22-31-7-5-6-8-34(31)28-13-15-30(16-14-28)37-45-35(24-47-33-19-17-32(18-20-33)40-26(3)42)25(2)36(46-37)29-11-9-27(23-41)10-12-29/h4-20,25,35-37,41H,1,21-24H2,2-3H3,(H,39,43)(H,40,42)/t25-,35+,36+,37+/m1/s1. The number of alkyl carbamates (subject to hydrolysis) is 1. The third kappa shape index (κ3) is 9.11. The first-order valence-corrected chi connectivity index (χ1v) is 16.5. The Kier molecular flexibility index (Phi) is 11.9. The number of nitrogens with one attached hydrogen (secondary N) is 2. The van der Waals surface area contributed by atoms with Crippen LogP contribution >= 0.6 is 11.8 Å². The Morgan fingerprint density at radius 3 is 2.32 bits per heavy atom. The summed E-state index contributed by atoms with van der Waals surface area (Å²) in [6.45, 7) is 7.67. The Morgan fingerprint density at radius 1 is 0.936 bits per heavy atom. The van der Waals surface area contributed by atoms with Crippen molar-refractivity contribution < 1.29 is 28.9 Å². The average Bonchev–Trinajstić information content (AvgIpc) is 3.10. The molecule has 0 aromatic heterocycles. The molecule has 4 atom stereocenters. The SMILES string of the molecule is C=CCOC(=O)NCc1ccccc1-c1ccc([C@H]2O[C@@H](CSc3ccc(NC(C)=O)cc3)[C@@H](C)[C@@H](c3ccc(CO)cc3)O2)cc1. The highest BCUT2D eigenvalue weighted by atomic mass is 32.2. The molecule has 4 aromatic carbocycles. The van der Waals surface area contributed by atoms with Gasteiger partial charge in [0.1, 0.15) is 6.61 Å². The first-order valence-electron chi connectivity index (χ1n) is 15.6. The largest absolute Gasteiger partial charge is 0.445 e. The topological polar surface area (TPSA) is 106 Å². The molecular formula is C38H40N2O6S. The molecule has 2 amide bonds. The summed E-state index contributed by atoms with van der Waals surface area (Å²) in [7, 11) is 0. The van der Waals surface area contributed by atoms with Crippen molar-refractivity contribution in [2.45, 2.75) is 50.4 Å². The van der Waals surface area contributed by atoms with Gasteiger partial charge in [-0.25, -0.2) is 4.79 Å². The monoisotopic (exact) mass is 652 g/mol. The van der Waals surface area contributed by atoms with E-state index in [0.29, 0.717) is 12.3 Å². The molecule has 244 valence electrons. The van der Waals surface area contributed by atoms with Crippen LogP contribution in [0.15, 0.2) is 115 Å². The zero-order valence-electron chi connectivity index (χ0n) is 26.6. The molecule has 5 rings (SSSR count). The van der Waals surface area contributed by atoms with Crippen molar-refractivity contribution in [3.8, 4) is 11.1 Å².